The second-order valence-electron chi connectivity index (χ2n) is 8.55. The number of aromatic nitrogens is 3. The molecule has 2 fully saturated rings. The Hall–Kier alpha value is -2.02. The van der Waals surface area contributed by atoms with Gasteiger partial charge in [0.15, 0.2) is 11.0 Å². The topological polar surface area (TPSA) is 60.3 Å². The van der Waals surface area contributed by atoms with Crippen molar-refractivity contribution in [2.75, 3.05) is 26.0 Å². The smallest absolute Gasteiger partial charge is 0.233 e. The average Bonchev–Trinajstić information content (AvgIpc) is 3.22. The monoisotopic (exact) mass is 428 g/mol. The number of amides is 1. The lowest BCUT2D eigenvalue weighted by atomic mass is 9.95. The Balaban J connectivity index is 1.53. The largest absolute Gasteiger partial charge is 0.497 e. The average molecular weight is 429 g/mol. The van der Waals surface area contributed by atoms with Crippen LogP contribution in [-0.4, -0.2) is 51.5 Å². The Morgan fingerprint density at radius 2 is 1.77 bits per heavy atom. The van der Waals surface area contributed by atoms with Gasteiger partial charge in [0.05, 0.1) is 12.9 Å². The van der Waals surface area contributed by atoms with Crippen LogP contribution >= 0.6 is 11.8 Å². The summed E-state index contributed by atoms with van der Waals surface area (Å²) in [6, 6.07) is 8.40. The van der Waals surface area contributed by atoms with Crippen LogP contribution in [0, 0.1) is 5.92 Å². The van der Waals surface area contributed by atoms with Gasteiger partial charge in [-0.15, -0.1) is 10.2 Å². The summed E-state index contributed by atoms with van der Waals surface area (Å²) in [6.45, 7) is 4.03. The predicted molar refractivity (Wildman–Crippen MR) is 120 cm³/mol. The van der Waals surface area contributed by atoms with Gasteiger partial charge in [-0.1, -0.05) is 37.9 Å². The number of hydrogen-bond acceptors (Lipinski definition) is 5. The van der Waals surface area contributed by atoms with Crippen LogP contribution in [0.3, 0.4) is 0 Å². The molecule has 30 heavy (non-hydrogen) atoms. The highest BCUT2D eigenvalue weighted by Crippen LogP contribution is 2.36. The standard InChI is InChI=1S/C23H32N4O2S/c1-17-12-14-26(15-13-17)21(28)16-30-23-25-24-22(18-8-10-20(29-2)11-9-18)27(23)19-6-4-3-5-7-19/h8-11,17,19H,3-7,12-16H2,1-2H3. The van der Waals surface area contributed by atoms with Crippen molar-refractivity contribution in [1.29, 1.82) is 0 Å². The van der Waals surface area contributed by atoms with Crippen molar-refractivity contribution >= 4 is 17.7 Å². The molecule has 1 aliphatic carbocycles. The molecule has 0 N–H and O–H groups in total. The van der Waals surface area contributed by atoms with Crippen LogP contribution in [0.2, 0.25) is 0 Å². The van der Waals surface area contributed by atoms with E-state index >= 15 is 0 Å². The molecule has 2 aliphatic rings. The lowest BCUT2D eigenvalue weighted by Gasteiger charge is -2.30. The quantitative estimate of drug-likeness (QED) is 0.618. The van der Waals surface area contributed by atoms with E-state index in [1.54, 1.807) is 7.11 Å². The number of benzene rings is 1. The van der Waals surface area contributed by atoms with Crippen molar-refractivity contribution in [1.82, 2.24) is 19.7 Å². The maximum atomic E-state index is 12.7. The minimum absolute atomic E-state index is 0.219. The molecule has 1 aliphatic heterocycles. The van der Waals surface area contributed by atoms with Gasteiger partial charge in [-0.05, 0) is 55.9 Å². The highest BCUT2D eigenvalue weighted by atomic mass is 32.2. The third kappa shape index (κ3) is 4.82. The minimum atomic E-state index is 0.219. The lowest BCUT2D eigenvalue weighted by molar-refractivity contribution is -0.129. The van der Waals surface area contributed by atoms with E-state index in [1.807, 2.05) is 29.2 Å². The molecule has 2 heterocycles. The molecule has 0 radical (unpaired) electrons. The third-order valence-electron chi connectivity index (χ3n) is 6.41. The van der Waals surface area contributed by atoms with Gasteiger partial charge in [-0.3, -0.25) is 9.36 Å². The summed E-state index contributed by atoms with van der Waals surface area (Å²) in [5.41, 5.74) is 1.04. The molecule has 2 aromatic rings. The molecule has 0 bridgehead atoms. The number of carbonyl (C=O) groups is 1. The highest BCUT2D eigenvalue weighted by Gasteiger charge is 2.26. The van der Waals surface area contributed by atoms with Gasteiger partial charge >= 0.3 is 0 Å². The zero-order valence-electron chi connectivity index (χ0n) is 18.0. The van der Waals surface area contributed by atoms with Crippen LogP contribution < -0.4 is 4.74 Å². The van der Waals surface area contributed by atoms with Gasteiger partial charge in [-0.2, -0.15) is 0 Å². The molecule has 0 atom stereocenters. The number of nitrogens with zero attached hydrogens (tertiary/aromatic N) is 4. The Morgan fingerprint density at radius 1 is 1.07 bits per heavy atom. The number of hydrogen-bond donors (Lipinski definition) is 0. The summed E-state index contributed by atoms with van der Waals surface area (Å²) < 4.78 is 7.59. The molecule has 0 spiro atoms. The summed E-state index contributed by atoms with van der Waals surface area (Å²) in [4.78, 5) is 14.8. The molecule has 7 heteroatoms. The first-order chi connectivity index (χ1) is 14.7. The second kappa shape index (κ2) is 9.86. The molecule has 162 valence electrons. The molecular weight excluding hydrogens is 396 g/mol. The van der Waals surface area contributed by atoms with Gasteiger partial charge in [0.2, 0.25) is 5.91 Å². The van der Waals surface area contributed by atoms with Gasteiger partial charge in [0.25, 0.3) is 0 Å². The van der Waals surface area contributed by atoms with E-state index in [2.05, 4.69) is 21.7 Å². The first-order valence-electron chi connectivity index (χ1n) is 11.2. The van der Waals surface area contributed by atoms with E-state index in [0.717, 1.165) is 67.0 Å². The number of ether oxygens (including phenoxy) is 1. The summed E-state index contributed by atoms with van der Waals surface area (Å²) >= 11 is 1.54. The molecule has 1 aromatic carbocycles. The first-order valence-corrected chi connectivity index (χ1v) is 12.1. The Kier molecular flexibility index (Phi) is 6.97. The highest BCUT2D eigenvalue weighted by molar-refractivity contribution is 7.99. The first kappa shape index (κ1) is 21.2. The summed E-state index contributed by atoms with van der Waals surface area (Å²) in [5.74, 6) is 3.10. The van der Waals surface area contributed by atoms with Gasteiger partial charge in [-0.25, -0.2) is 0 Å². The van der Waals surface area contributed by atoms with E-state index in [-0.39, 0.29) is 5.91 Å². The fourth-order valence-electron chi connectivity index (χ4n) is 4.46. The fourth-order valence-corrected chi connectivity index (χ4v) is 5.36. The van der Waals surface area contributed by atoms with E-state index in [1.165, 1.54) is 31.0 Å². The predicted octanol–water partition coefficient (Wildman–Crippen LogP) is 4.81. The van der Waals surface area contributed by atoms with Gasteiger partial charge in [0.1, 0.15) is 5.75 Å². The number of methoxy groups -OCH3 is 1. The van der Waals surface area contributed by atoms with Crippen LogP contribution in [0.25, 0.3) is 11.4 Å². The maximum absolute atomic E-state index is 12.7. The second-order valence-corrected chi connectivity index (χ2v) is 9.49. The van der Waals surface area contributed by atoms with E-state index in [0.29, 0.717) is 11.8 Å². The van der Waals surface area contributed by atoms with E-state index in [4.69, 9.17) is 4.74 Å². The van der Waals surface area contributed by atoms with Crippen LogP contribution in [0.4, 0.5) is 0 Å². The molecule has 1 saturated carbocycles. The molecule has 0 unspecified atom stereocenters. The van der Waals surface area contributed by atoms with Crippen LogP contribution in [0.5, 0.6) is 5.75 Å². The van der Waals surface area contributed by atoms with Crippen LogP contribution in [0.15, 0.2) is 29.4 Å². The SMILES string of the molecule is COc1ccc(-c2nnc(SCC(=O)N3CCC(C)CC3)n2C2CCCCC2)cc1. The number of rotatable bonds is 6. The summed E-state index contributed by atoms with van der Waals surface area (Å²) in [6.07, 6.45) is 8.27. The normalized spacial score (nSPS) is 18.5. The number of piperidine rings is 1. The Morgan fingerprint density at radius 3 is 2.43 bits per heavy atom. The zero-order chi connectivity index (χ0) is 20.9. The van der Waals surface area contributed by atoms with Crippen molar-refractivity contribution in [3.63, 3.8) is 0 Å². The van der Waals surface area contributed by atoms with Crippen LogP contribution in [0.1, 0.15) is 57.9 Å². The molecule has 4 rings (SSSR count). The molecular formula is C23H32N4O2S. The number of carbonyl (C=O) groups excluding carboxylic acids is 1. The van der Waals surface area contributed by atoms with Gasteiger partial charge < -0.3 is 9.64 Å². The summed E-state index contributed by atoms with van der Waals surface area (Å²) in [7, 11) is 1.67. The van der Waals surface area contributed by atoms with Crippen molar-refractivity contribution in [3.8, 4) is 17.1 Å². The van der Waals surface area contributed by atoms with Crippen molar-refractivity contribution in [2.24, 2.45) is 5.92 Å². The minimum Gasteiger partial charge on any atom is -0.497 e. The lowest BCUT2D eigenvalue weighted by Crippen LogP contribution is -2.39. The number of likely N-dealkylation sites (tertiary alicyclic amines) is 1. The molecule has 1 aromatic heterocycles. The Bertz CT molecular complexity index is 837. The Labute approximate surface area is 183 Å². The van der Waals surface area contributed by atoms with E-state index in [9.17, 15) is 4.79 Å². The van der Waals surface area contributed by atoms with E-state index < -0.39 is 0 Å². The van der Waals surface area contributed by atoms with Crippen molar-refractivity contribution in [3.05, 3.63) is 24.3 Å². The molecule has 1 saturated heterocycles. The van der Waals surface area contributed by atoms with Crippen LogP contribution in [-0.2, 0) is 4.79 Å². The zero-order valence-corrected chi connectivity index (χ0v) is 18.9. The number of thioether (sulfide) groups is 1. The summed E-state index contributed by atoms with van der Waals surface area (Å²) in [5, 5.41) is 9.92. The van der Waals surface area contributed by atoms with Crippen molar-refractivity contribution in [2.45, 2.75) is 63.1 Å². The molecule has 1 amide bonds. The molecule has 6 nitrogen and oxygen atoms in total. The van der Waals surface area contributed by atoms with Crippen molar-refractivity contribution < 1.29 is 9.53 Å². The maximum Gasteiger partial charge on any atom is 0.233 e. The third-order valence-corrected chi connectivity index (χ3v) is 7.34. The fraction of sp³-hybridized carbons (Fsp3) is 0.609. The van der Waals surface area contributed by atoms with Gasteiger partial charge in [0, 0.05) is 24.7 Å².